The van der Waals surface area contributed by atoms with Crippen molar-refractivity contribution in [3.8, 4) is 0 Å². The number of carbonyl (C=O) groups excluding carboxylic acids is 1. The van der Waals surface area contributed by atoms with Crippen molar-refractivity contribution < 1.29 is 9.53 Å². The molecule has 6 nitrogen and oxygen atoms in total. The van der Waals surface area contributed by atoms with E-state index in [1.807, 2.05) is 23.1 Å². The fraction of sp³-hybridized carbons (Fsp3) is 0.526. The van der Waals surface area contributed by atoms with E-state index in [9.17, 15) is 9.59 Å². The Labute approximate surface area is 146 Å². The number of aromatic amines is 1. The van der Waals surface area contributed by atoms with E-state index in [1.165, 1.54) is 6.42 Å². The SMILES string of the molecule is O=C(CCc1nc2ccccc2c(=O)[nH]1)N1CCO[C@H]2CCCC[C@H]21. The van der Waals surface area contributed by atoms with Gasteiger partial charge in [-0.25, -0.2) is 4.98 Å². The van der Waals surface area contributed by atoms with Crippen LogP contribution in [0.2, 0.25) is 0 Å². The molecule has 1 aliphatic heterocycles. The maximum Gasteiger partial charge on any atom is 0.258 e. The van der Waals surface area contributed by atoms with Gasteiger partial charge in [0.15, 0.2) is 0 Å². The number of ether oxygens (including phenoxy) is 1. The van der Waals surface area contributed by atoms with Gasteiger partial charge >= 0.3 is 0 Å². The molecule has 1 amide bonds. The van der Waals surface area contributed by atoms with Gasteiger partial charge in [-0.3, -0.25) is 9.59 Å². The van der Waals surface area contributed by atoms with Crippen molar-refractivity contribution in [3.05, 3.63) is 40.4 Å². The molecule has 0 bridgehead atoms. The Kier molecular flexibility index (Phi) is 4.53. The van der Waals surface area contributed by atoms with E-state index in [1.54, 1.807) is 6.07 Å². The summed E-state index contributed by atoms with van der Waals surface area (Å²) in [5.41, 5.74) is 0.527. The lowest BCUT2D eigenvalue weighted by molar-refractivity contribution is -0.149. The lowest BCUT2D eigenvalue weighted by atomic mass is 9.90. The van der Waals surface area contributed by atoms with E-state index < -0.39 is 0 Å². The maximum absolute atomic E-state index is 12.7. The number of carbonyl (C=O) groups is 1. The summed E-state index contributed by atoms with van der Waals surface area (Å²) in [5.74, 6) is 0.710. The van der Waals surface area contributed by atoms with Crippen molar-refractivity contribution in [2.75, 3.05) is 13.2 Å². The quantitative estimate of drug-likeness (QED) is 0.927. The number of para-hydroxylation sites is 1. The Balaban J connectivity index is 1.45. The van der Waals surface area contributed by atoms with E-state index in [4.69, 9.17) is 4.74 Å². The Hall–Kier alpha value is -2.21. The second-order valence-corrected chi connectivity index (χ2v) is 6.88. The first kappa shape index (κ1) is 16.3. The number of morpholine rings is 1. The number of aromatic nitrogens is 2. The molecule has 2 fully saturated rings. The van der Waals surface area contributed by atoms with Crippen molar-refractivity contribution >= 4 is 16.8 Å². The van der Waals surface area contributed by atoms with Gasteiger partial charge in [-0.1, -0.05) is 25.0 Å². The van der Waals surface area contributed by atoms with Crippen molar-refractivity contribution in [3.63, 3.8) is 0 Å². The highest BCUT2D eigenvalue weighted by Crippen LogP contribution is 2.28. The minimum Gasteiger partial charge on any atom is -0.374 e. The van der Waals surface area contributed by atoms with Crippen LogP contribution < -0.4 is 5.56 Å². The monoisotopic (exact) mass is 341 g/mol. The zero-order chi connectivity index (χ0) is 17.2. The molecule has 1 aromatic carbocycles. The van der Waals surface area contributed by atoms with E-state index in [-0.39, 0.29) is 23.6 Å². The van der Waals surface area contributed by atoms with E-state index in [0.717, 1.165) is 19.3 Å². The number of H-pyrrole nitrogens is 1. The third-order valence-corrected chi connectivity index (χ3v) is 5.29. The number of amides is 1. The predicted octanol–water partition coefficient (Wildman–Crippen LogP) is 2.03. The fourth-order valence-electron chi connectivity index (χ4n) is 4.03. The summed E-state index contributed by atoms with van der Waals surface area (Å²) in [6.07, 6.45) is 5.44. The lowest BCUT2D eigenvalue weighted by Crippen LogP contribution is -2.54. The third-order valence-electron chi connectivity index (χ3n) is 5.29. The zero-order valence-electron chi connectivity index (χ0n) is 14.2. The van der Waals surface area contributed by atoms with Crippen LogP contribution in [-0.2, 0) is 16.0 Å². The summed E-state index contributed by atoms with van der Waals surface area (Å²) >= 11 is 0. The Bertz CT molecular complexity index is 830. The molecule has 25 heavy (non-hydrogen) atoms. The molecule has 1 aliphatic carbocycles. The highest BCUT2D eigenvalue weighted by Gasteiger charge is 2.36. The molecule has 132 valence electrons. The molecule has 1 aromatic heterocycles. The minimum absolute atomic E-state index is 0.135. The highest BCUT2D eigenvalue weighted by atomic mass is 16.5. The molecule has 2 aromatic rings. The number of nitrogens with one attached hydrogen (secondary N) is 1. The Morgan fingerprint density at radius 3 is 3.04 bits per heavy atom. The summed E-state index contributed by atoms with van der Waals surface area (Å²) in [4.78, 5) is 34.1. The predicted molar refractivity (Wildman–Crippen MR) is 94.4 cm³/mol. The van der Waals surface area contributed by atoms with Crippen LogP contribution in [0.15, 0.2) is 29.1 Å². The molecule has 4 rings (SSSR count). The average molecular weight is 341 g/mol. The Morgan fingerprint density at radius 2 is 2.12 bits per heavy atom. The number of nitrogens with zero attached hydrogens (tertiary/aromatic N) is 2. The van der Waals surface area contributed by atoms with Crippen LogP contribution in [0.25, 0.3) is 10.9 Å². The summed E-state index contributed by atoms with van der Waals surface area (Å²) in [5, 5.41) is 0.579. The van der Waals surface area contributed by atoms with Gasteiger partial charge in [0.2, 0.25) is 5.91 Å². The van der Waals surface area contributed by atoms with Crippen molar-refractivity contribution in [2.24, 2.45) is 0 Å². The molecule has 0 radical (unpaired) electrons. The van der Waals surface area contributed by atoms with Crippen LogP contribution in [0.1, 0.15) is 37.9 Å². The zero-order valence-corrected chi connectivity index (χ0v) is 14.2. The molecule has 1 saturated carbocycles. The number of fused-ring (bicyclic) bond motifs is 2. The molecular formula is C19H23N3O3. The molecule has 2 atom stereocenters. The van der Waals surface area contributed by atoms with Crippen LogP contribution >= 0.6 is 0 Å². The largest absolute Gasteiger partial charge is 0.374 e. The summed E-state index contributed by atoms with van der Waals surface area (Å²) in [6, 6.07) is 7.48. The topological polar surface area (TPSA) is 75.3 Å². The standard InChI is InChI=1S/C19H23N3O3/c23-18(22-11-12-25-16-8-4-3-7-15(16)22)10-9-17-20-14-6-2-1-5-13(14)19(24)21-17/h1-2,5-6,15-16H,3-4,7-12H2,(H,20,21,24)/t15-,16+/m1/s1. The number of hydrogen-bond donors (Lipinski definition) is 1. The van der Waals surface area contributed by atoms with E-state index in [0.29, 0.717) is 42.7 Å². The van der Waals surface area contributed by atoms with Gasteiger partial charge < -0.3 is 14.6 Å². The molecule has 6 heteroatoms. The highest BCUT2D eigenvalue weighted by molar-refractivity contribution is 5.78. The first-order valence-corrected chi connectivity index (χ1v) is 9.11. The fourth-order valence-corrected chi connectivity index (χ4v) is 4.03. The second-order valence-electron chi connectivity index (χ2n) is 6.88. The van der Waals surface area contributed by atoms with E-state index >= 15 is 0 Å². The van der Waals surface area contributed by atoms with Crippen LogP contribution in [0.3, 0.4) is 0 Å². The smallest absolute Gasteiger partial charge is 0.258 e. The molecule has 1 saturated heterocycles. The van der Waals surface area contributed by atoms with Crippen LogP contribution in [0.4, 0.5) is 0 Å². The summed E-state index contributed by atoms with van der Waals surface area (Å²) in [7, 11) is 0. The molecule has 2 aliphatic rings. The normalized spacial score (nSPS) is 23.4. The van der Waals surface area contributed by atoms with Crippen molar-refractivity contribution in [2.45, 2.75) is 50.7 Å². The van der Waals surface area contributed by atoms with E-state index in [2.05, 4.69) is 9.97 Å². The number of rotatable bonds is 3. The van der Waals surface area contributed by atoms with Gasteiger partial charge in [-0.05, 0) is 25.0 Å². The van der Waals surface area contributed by atoms with Gasteiger partial charge in [0, 0.05) is 19.4 Å². The van der Waals surface area contributed by atoms with Crippen LogP contribution in [0, 0.1) is 0 Å². The molecule has 1 N–H and O–H groups in total. The maximum atomic E-state index is 12.7. The molecular weight excluding hydrogens is 318 g/mol. The van der Waals surface area contributed by atoms with Crippen LogP contribution in [-0.4, -0.2) is 46.1 Å². The van der Waals surface area contributed by atoms with Gasteiger partial charge in [-0.2, -0.15) is 0 Å². The lowest BCUT2D eigenvalue weighted by Gasteiger charge is -2.43. The molecule has 0 spiro atoms. The first-order valence-electron chi connectivity index (χ1n) is 9.11. The van der Waals surface area contributed by atoms with Crippen LogP contribution in [0.5, 0.6) is 0 Å². The Morgan fingerprint density at radius 1 is 1.28 bits per heavy atom. The van der Waals surface area contributed by atoms with Gasteiger partial charge in [0.1, 0.15) is 5.82 Å². The van der Waals surface area contributed by atoms with Crippen molar-refractivity contribution in [1.82, 2.24) is 14.9 Å². The number of hydrogen-bond acceptors (Lipinski definition) is 4. The average Bonchev–Trinajstić information content (AvgIpc) is 2.66. The molecule has 2 heterocycles. The second kappa shape index (κ2) is 6.96. The number of benzene rings is 1. The molecule has 0 unspecified atom stereocenters. The third kappa shape index (κ3) is 3.31. The van der Waals surface area contributed by atoms with Gasteiger partial charge in [0.25, 0.3) is 5.56 Å². The summed E-state index contributed by atoms with van der Waals surface area (Å²) < 4.78 is 5.84. The van der Waals surface area contributed by atoms with Gasteiger partial charge in [-0.15, -0.1) is 0 Å². The minimum atomic E-state index is -0.147. The number of aryl methyl sites for hydroxylation is 1. The van der Waals surface area contributed by atoms with Crippen molar-refractivity contribution in [1.29, 1.82) is 0 Å². The first-order chi connectivity index (χ1) is 12.2. The van der Waals surface area contributed by atoms with Gasteiger partial charge in [0.05, 0.1) is 29.7 Å². The summed E-state index contributed by atoms with van der Waals surface area (Å²) in [6.45, 7) is 1.29.